The molecule has 0 radical (unpaired) electrons. The van der Waals surface area contributed by atoms with E-state index in [1.165, 1.54) is 19.3 Å². The van der Waals surface area contributed by atoms with Crippen molar-refractivity contribution in [2.45, 2.75) is 86.1 Å². The van der Waals surface area contributed by atoms with E-state index in [4.69, 9.17) is 4.98 Å². The molecule has 7 heteroatoms. The number of fused-ring (bicyclic) bond motifs is 1. The number of nitrogens with one attached hydrogen (secondary N) is 3. The molecule has 1 aliphatic rings. The summed E-state index contributed by atoms with van der Waals surface area (Å²) in [6, 6.07) is 0.253. The van der Waals surface area contributed by atoms with E-state index in [0.29, 0.717) is 40.5 Å². The third-order valence-corrected chi connectivity index (χ3v) is 6.57. The first-order valence-electron chi connectivity index (χ1n) is 12.9. The number of H-pyrrole nitrogens is 1. The fourth-order valence-corrected chi connectivity index (χ4v) is 4.34. The molecule has 3 N–H and O–H groups in total. The highest BCUT2D eigenvalue weighted by molar-refractivity contribution is 6.04. The van der Waals surface area contributed by atoms with E-state index in [1.807, 2.05) is 19.1 Å². The zero-order valence-electron chi connectivity index (χ0n) is 22.1. The Morgan fingerprint density at radius 1 is 1.20 bits per heavy atom. The minimum atomic E-state index is -0.164. The number of aromatic nitrogens is 3. The van der Waals surface area contributed by atoms with Crippen LogP contribution in [-0.4, -0.2) is 39.4 Å². The van der Waals surface area contributed by atoms with Gasteiger partial charge in [0.15, 0.2) is 5.65 Å². The van der Waals surface area contributed by atoms with Gasteiger partial charge >= 0.3 is 0 Å². The Morgan fingerprint density at radius 3 is 2.63 bits per heavy atom. The van der Waals surface area contributed by atoms with Gasteiger partial charge < -0.3 is 15.6 Å². The second-order valence-electron chi connectivity index (χ2n) is 11.0. The molecule has 0 aromatic carbocycles. The number of aromatic amines is 1. The Kier molecular flexibility index (Phi) is 8.87. The lowest BCUT2D eigenvalue weighted by atomic mass is 9.86. The van der Waals surface area contributed by atoms with Crippen molar-refractivity contribution in [1.82, 2.24) is 25.6 Å². The second kappa shape index (κ2) is 11.6. The topological polar surface area (TPSA) is 99.8 Å². The van der Waals surface area contributed by atoms with Crippen LogP contribution in [0.25, 0.3) is 16.7 Å². The molecule has 35 heavy (non-hydrogen) atoms. The van der Waals surface area contributed by atoms with Crippen molar-refractivity contribution < 1.29 is 9.59 Å². The largest absolute Gasteiger partial charge is 0.351 e. The van der Waals surface area contributed by atoms with Crippen LogP contribution in [0.1, 0.15) is 96.1 Å². The fourth-order valence-electron chi connectivity index (χ4n) is 4.34. The highest BCUT2D eigenvalue weighted by Crippen LogP contribution is 2.25. The molecule has 0 saturated heterocycles. The fraction of sp³-hybridized carbons (Fsp3) is 0.571. The highest BCUT2D eigenvalue weighted by Gasteiger charge is 2.23. The van der Waals surface area contributed by atoms with Gasteiger partial charge in [-0.2, -0.15) is 0 Å². The van der Waals surface area contributed by atoms with Crippen LogP contribution in [0.4, 0.5) is 0 Å². The summed E-state index contributed by atoms with van der Waals surface area (Å²) in [4.78, 5) is 37.9. The van der Waals surface area contributed by atoms with E-state index < -0.39 is 0 Å². The normalized spacial score (nSPS) is 19.6. The average molecular weight is 480 g/mol. The molecule has 2 unspecified atom stereocenters. The number of allylic oxidation sites excluding steroid dienone is 3. The second-order valence-corrected chi connectivity index (χ2v) is 11.0. The Hall–Kier alpha value is -2.96. The Bertz CT molecular complexity index is 1110. The minimum absolute atomic E-state index is 0.0127. The molecule has 1 aliphatic carbocycles. The Balaban J connectivity index is 1.81. The predicted molar refractivity (Wildman–Crippen MR) is 142 cm³/mol. The number of rotatable bonds is 8. The van der Waals surface area contributed by atoms with E-state index >= 15 is 0 Å². The molecule has 3 rings (SSSR count). The molecule has 0 bridgehead atoms. The molecular formula is C28H41N5O2. The van der Waals surface area contributed by atoms with Crippen LogP contribution >= 0.6 is 0 Å². The Morgan fingerprint density at radius 2 is 1.94 bits per heavy atom. The summed E-state index contributed by atoms with van der Waals surface area (Å²) in [7, 11) is 0. The molecule has 2 aromatic heterocycles. The molecule has 2 amide bonds. The molecule has 2 aromatic rings. The van der Waals surface area contributed by atoms with Crippen molar-refractivity contribution >= 4 is 28.6 Å². The van der Waals surface area contributed by atoms with Crippen LogP contribution in [0.3, 0.4) is 0 Å². The van der Waals surface area contributed by atoms with Crippen molar-refractivity contribution in [1.29, 1.82) is 0 Å². The van der Waals surface area contributed by atoms with Gasteiger partial charge in [0.25, 0.3) is 5.91 Å². The predicted octanol–water partition coefficient (Wildman–Crippen LogP) is 5.56. The summed E-state index contributed by atoms with van der Waals surface area (Å²) in [5.41, 5.74) is 3.99. The first-order chi connectivity index (χ1) is 16.6. The van der Waals surface area contributed by atoms with E-state index in [0.717, 1.165) is 24.8 Å². The van der Waals surface area contributed by atoms with E-state index in [-0.39, 0.29) is 23.3 Å². The molecule has 190 valence electrons. The summed E-state index contributed by atoms with van der Waals surface area (Å²) in [5.74, 6) is 0.341. The van der Waals surface area contributed by atoms with Crippen molar-refractivity contribution in [3.63, 3.8) is 0 Å². The smallest absolute Gasteiger partial charge is 0.255 e. The van der Waals surface area contributed by atoms with E-state index in [1.54, 1.807) is 12.4 Å². The molecule has 0 aliphatic heterocycles. The van der Waals surface area contributed by atoms with Gasteiger partial charge in [0, 0.05) is 24.4 Å². The summed E-state index contributed by atoms with van der Waals surface area (Å²) < 4.78 is 0. The number of amides is 2. The van der Waals surface area contributed by atoms with Gasteiger partial charge in [-0.3, -0.25) is 9.59 Å². The van der Waals surface area contributed by atoms with Crippen molar-refractivity contribution in [3.05, 3.63) is 41.4 Å². The van der Waals surface area contributed by atoms with Crippen molar-refractivity contribution in [3.8, 4) is 0 Å². The zero-order chi connectivity index (χ0) is 25.6. The summed E-state index contributed by atoms with van der Waals surface area (Å²) in [5, 5.41) is 6.20. The third-order valence-electron chi connectivity index (χ3n) is 6.57. The van der Waals surface area contributed by atoms with Gasteiger partial charge in [0.2, 0.25) is 5.91 Å². The van der Waals surface area contributed by atoms with Crippen molar-refractivity contribution in [2.75, 3.05) is 6.54 Å². The van der Waals surface area contributed by atoms with Crippen LogP contribution in [0.15, 0.2) is 30.1 Å². The highest BCUT2D eigenvalue weighted by atomic mass is 16.2. The summed E-state index contributed by atoms with van der Waals surface area (Å²) >= 11 is 0. The number of carbonyl (C=O) groups is 2. The summed E-state index contributed by atoms with van der Waals surface area (Å²) in [6.45, 7) is 13.0. The zero-order valence-corrected chi connectivity index (χ0v) is 22.1. The average Bonchev–Trinajstić information content (AvgIpc) is 3.24. The molecular weight excluding hydrogens is 438 g/mol. The number of hydrogen-bond donors (Lipinski definition) is 3. The van der Waals surface area contributed by atoms with Gasteiger partial charge in [-0.05, 0) is 43.1 Å². The van der Waals surface area contributed by atoms with Crippen LogP contribution < -0.4 is 10.6 Å². The lowest BCUT2D eigenvalue weighted by Crippen LogP contribution is -2.41. The third kappa shape index (κ3) is 7.26. The standard InChI is InChI=1S/C28H41N5O2/c1-7-10-20(14-13-19(3)26(34)33-22-12-9-8-11-18(22)2)23-16-30-25-24(32-23)21(15-29-25)27(35)31-17-28(4,5)6/h13-16,18,22H,7-12,17H2,1-6H3,(H,29,30)(H,31,35)(H,33,34)/b19-13+,20-14+. The van der Waals surface area contributed by atoms with Crippen LogP contribution in [0.5, 0.6) is 0 Å². The molecule has 1 saturated carbocycles. The Labute approximate surface area is 209 Å². The monoisotopic (exact) mass is 479 g/mol. The first kappa shape index (κ1) is 26.6. The number of hydrogen-bond acceptors (Lipinski definition) is 4. The van der Waals surface area contributed by atoms with Gasteiger partial charge in [-0.1, -0.05) is 66.0 Å². The van der Waals surface area contributed by atoms with E-state index in [2.05, 4.69) is 55.2 Å². The quantitative estimate of drug-likeness (QED) is 0.341. The minimum Gasteiger partial charge on any atom is -0.351 e. The van der Waals surface area contributed by atoms with Gasteiger partial charge in [-0.15, -0.1) is 0 Å². The lowest BCUT2D eigenvalue weighted by Gasteiger charge is -2.29. The first-order valence-corrected chi connectivity index (χ1v) is 12.9. The molecule has 2 heterocycles. The lowest BCUT2D eigenvalue weighted by molar-refractivity contribution is -0.118. The van der Waals surface area contributed by atoms with Gasteiger partial charge in [0.05, 0.1) is 17.5 Å². The van der Waals surface area contributed by atoms with Gasteiger partial charge in [-0.25, -0.2) is 9.97 Å². The van der Waals surface area contributed by atoms with Gasteiger partial charge in [0.1, 0.15) is 5.52 Å². The molecule has 0 spiro atoms. The number of nitrogens with zero attached hydrogens (tertiary/aromatic N) is 2. The van der Waals surface area contributed by atoms with Crippen LogP contribution in [-0.2, 0) is 4.79 Å². The maximum atomic E-state index is 12.8. The molecule has 2 atom stereocenters. The van der Waals surface area contributed by atoms with Crippen LogP contribution in [0.2, 0.25) is 0 Å². The number of carbonyl (C=O) groups excluding carboxylic acids is 2. The SMILES string of the molecule is CCC/C(=C\C=C(/C)C(=O)NC1CCCCC1C)c1cnc2[nH]cc(C(=O)NCC(C)(C)C)c2n1. The van der Waals surface area contributed by atoms with E-state index in [9.17, 15) is 9.59 Å². The van der Waals surface area contributed by atoms with Crippen LogP contribution in [0, 0.1) is 11.3 Å². The maximum absolute atomic E-state index is 12.8. The maximum Gasteiger partial charge on any atom is 0.255 e. The van der Waals surface area contributed by atoms with Crippen molar-refractivity contribution in [2.24, 2.45) is 11.3 Å². The molecule has 1 fully saturated rings. The molecule has 7 nitrogen and oxygen atoms in total. The summed E-state index contributed by atoms with van der Waals surface area (Å²) in [6.07, 6.45) is 13.6.